The topological polar surface area (TPSA) is 77.0 Å². The number of aromatic nitrogens is 2. The lowest BCUT2D eigenvalue weighted by atomic mass is 10.0. The maximum absolute atomic E-state index is 12.8. The highest BCUT2D eigenvalue weighted by atomic mass is 16.5. The minimum absolute atomic E-state index is 0.126. The first-order chi connectivity index (χ1) is 15.7. The molecule has 0 spiro atoms. The Hall–Kier alpha value is -2.55. The molecule has 2 aliphatic rings. The number of Topliss-reactive ketones (excluding diaryl/α,β-unsaturated/α-hetero) is 1. The number of carbonyl (C=O) groups excluding carboxylic acids is 1. The Labute approximate surface area is 189 Å². The summed E-state index contributed by atoms with van der Waals surface area (Å²) in [5.74, 6) is 1.25. The van der Waals surface area contributed by atoms with Crippen LogP contribution >= 0.6 is 0 Å². The molecule has 2 fully saturated rings. The Morgan fingerprint density at radius 3 is 2.50 bits per heavy atom. The van der Waals surface area contributed by atoms with Crippen molar-refractivity contribution in [3.05, 3.63) is 47.2 Å². The molecule has 2 saturated heterocycles. The van der Waals surface area contributed by atoms with E-state index in [1.54, 1.807) is 6.07 Å². The molecule has 172 valence electrons. The fourth-order valence-corrected chi connectivity index (χ4v) is 3.95. The standard InChI is InChI=1S/C24H32N4O4/c1-19-3-2-4-20(15-19)16-22(29)17-21-18-23(32-14-7-27-5-10-30-11-6-27)26-24(25-21)28-8-12-31-13-9-28/h2-4,15,18H,5-14,16-17H2,1H3. The van der Waals surface area contributed by atoms with Crippen LogP contribution in [0.5, 0.6) is 5.88 Å². The summed E-state index contributed by atoms with van der Waals surface area (Å²) in [7, 11) is 0. The van der Waals surface area contributed by atoms with Gasteiger partial charge < -0.3 is 19.1 Å². The van der Waals surface area contributed by atoms with Gasteiger partial charge in [0.1, 0.15) is 12.4 Å². The zero-order valence-corrected chi connectivity index (χ0v) is 18.8. The molecule has 0 aliphatic carbocycles. The van der Waals surface area contributed by atoms with Crippen molar-refractivity contribution in [2.45, 2.75) is 19.8 Å². The number of anilines is 1. The second-order valence-electron chi connectivity index (χ2n) is 8.28. The van der Waals surface area contributed by atoms with Gasteiger partial charge in [0.2, 0.25) is 11.8 Å². The average Bonchev–Trinajstić information content (AvgIpc) is 2.80. The lowest BCUT2D eigenvalue weighted by Crippen LogP contribution is -2.39. The number of benzene rings is 1. The monoisotopic (exact) mass is 440 g/mol. The van der Waals surface area contributed by atoms with Crippen molar-refractivity contribution in [3.8, 4) is 5.88 Å². The van der Waals surface area contributed by atoms with E-state index in [4.69, 9.17) is 14.2 Å². The third-order valence-corrected chi connectivity index (χ3v) is 5.66. The summed E-state index contributed by atoms with van der Waals surface area (Å²) in [6.45, 7) is 9.52. The number of nitrogens with zero attached hydrogens (tertiary/aromatic N) is 4. The Balaban J connectivity index is 1.43. The number of carbonyl (C=O) groups is 1. The quantitative estimate of drug-likeness (QED) is 0.583. The fourth-order valence-electron chi connectivity index (χ4n) is 3.95. The first-order valence-electron chi connectivity index (χ1n) is 11.4. The molecule has 8 heteroatoms. The Bertz CT molecular complexity index is 895. The van der Waals surface area contributed by atoms with Crippen LogP contribution in [-0.4, -0.2) is 86.4 Å². The van der Waals surface area contributed by atoms with Crippen LogP contribution in [0.25, 0.3) is 0 Å². The summed E-state index contributed by atoms with van der Waals surface area (Å²) in [6.07, 6.45) is 0.652. The third kappa shape index (κ3) is 6.72. The van der Waals surface area contributed by atoms with E-state index in [0.717, 1.165) is 57.1 Å². The second kappa shape index (κ2) is 11.4. The normalized spacial score (nSPS) is 17.3. The molecule has 8 nitrogen and oxygen atoms in total. The molecule has 1 aromatic heterocycles. The van der Waals surface area contributed by atoms with Crippen LogP contribution in [-0.2, 0) is 27.1 Å². The lowest BCUT2D eigenvalue weighted by Gasteiger charge is -2.28. The van der Waals surface area contributed by atoms with Gasteiger partial charge in [-0.25, -0.2) is 4.98 Å². The predicted octanol–water partition coefficient (Wildman–Crippen LogP) is 1.69. The molecule has 1 aromatic carbocycles. The van der Waals surface area contributed by atoms with E-state index in [-0.39, 0.29) is 12.2 Å². The number of ketones is 1. The maximum Gasteiger partial charge on any atom is 0.229 e. The summed E-state index contributed by atoms with van der Waals surface area (Å²) in [5, 5.41) is 0. The van der Waals surface area contributed by atoms with E-state index in [0.29, 0.717) is 43.8 Å². The van der Waals surface area contributed by atoms with Crippen LogP contribution in [0.15, 0.2) is 30.3 Å². The lowest BCUT2D eigenvalue weighted by molar-refractivity contribution is -0.117. The van der Waals surface area contributed by atoms with Gasteiger partial charge in [0.25, 0.3) is 0 Å². The van der Waals surface area contributed by atoms with Gasteiger partial charge in [-0.1, -0.05) is 29.8 Å². The third-order valence-electron chi connectivity index (χ3n) is 5.66. The van der Waals surface area contributed by atoms with E-state index in [1.807, 2.05) is 25.1 Å². The second-order valence-corrected chi connectivity index (χ2v) is 8.28. The molecule has 32 heavy (non-hydrogen) atoms. The number of hydrogen-bond acceptors (Lipinski definition) is 8. The summed E-state index contributed by atoms with van der Waals surface area (Å²) < 4.78 is 16.8. The molecule has 0 amide bonds. The smallest absolute Gasteiger partial charge is 0.229 e. The number of aryl methyl sites for hydroxylation is 1. The Morgan fingerprint density at radius 1 is 1.00 bits per heavy atom. The van der Waals surface area contributed by atoms with Crippen molar-refractivity contribution in [1.82, 2.24) is 14.9 Å². The minimum Gasteiger partial charge on any atom is -0.476 e. The molecular weight excluding hydrogens is 408 g/mol. The van der Waals surface area contributed by atoms with Gasteiger partial charge >= 0.3 is 0 Å². The van der Waals surface area contributed by atoms with Crippen molar-refractivity contribution in [2.75, 3.05) is 70.7 Å². The van der Waals surface area contributed by atoms with E-state index in [9.17, 15) is 4.79 Å². The maximum atomic E-state index is 12.8. The molecule has 0 radical (unpaired) electrons. The summed E-state index contributed by atoms with van der Waals surface area (Å²) in [6, 6.07) is 9.87. The van der Waals surface area contributed by atoms with Crippen molar-refractivity contribution in [2.24, 2.45) is 0 Å². The van der Waals surface area contributed by atoms with E-state index >= 15 is 0 Å². The SMILES string of the molecule is Cc1cccc(CC(=O)Cc2cc(OCCN3CCOCC3)nc(N3CCOCC3)n2)c1. The van der Waals surface area contributed by atoms with Crippen LogP contribution < -0.4 is 9.64 Å². The van der Waals surface area contributed by atoms with Gasteiger partial charge in [0, 0.05) is 51.6 Å². The molecule has 2 aliphatic heterocycles. The summed E-state index contributed by atoms with van der Waals surface area (Å²) in [5.41, 5.74) is 2.88. The highest BCUT2D eigenvalue weighted by Crippen LogP contribution is 2.18. The van der Waals surface area contributed by atoms with Crippen molar-refractivity contribution in [1.29, 1.82) is 0 Å². The molecule has 2 aromatic rings. The number of morpholine rings is 2. The van der Waals surface area contributed by atoms with Crippen LogP contribution in [0.3, 0.4) is 0 Å². The fraction of sp³-hybridized carbons (Fsp3) is 0.542. The summed E-state index contributed by atoms with van der Waals surface area (Å²) in [4.78, 5) is 26.5. The van der Waals surface area contributed by atoms with Gasteiger partial charge in [-0.2, -0.15) is 4.98 Å². The highest BCUT2D eigenvalue weighted by Gasteiger charge is 2.18. The number of rotatable bonds is 9. The number of ether oxygens (including phenoxy) is 3. The summed E-state index contributed by atoms with van der Waals surface area (Å²) >= 11 is 0. The molecule has 4 rings (SSSR count). The largest absolute Gasteiger partial charge is 0.476 e. The molecule has 0 N–H and O–H groups in total. The van der Waals surface area contributed by atoms with Crippen molar-refractivity contribution < 1.29 is 19.0 Å². The van der Waals surface area contributed by atoms with Crippen LogP contribution in [0.4, 0.5) is 5.95 Å². The number of hydrogen-bond donors (Lipinski definition) is 0. The Kier molecular flexibility index (Phi) is 8.03. The molecule has 3 heterocycles. The zero-order valence-electron chi connectivity index (χ0n) is 18.8. The molecular formula is C24H32N4O4. The van der Waals surface area contributed by atoms with Gasteiger partial charge in [0.05, 0.1) is 32.1 Å². The molecule has 0 bridgehead atoms. The Morgan fingerprint density at radius 2 is 1.75 bits per heavy atom. The van der Waals surface area contributed by atoms with Crippen LogP contribution in [0.2, 0.25) is 0 Å². The van der Waals surface area contributed by atoms with E-state index < -0.39 is 0 Å². The van der Waals surface area contributed by atoms with Crippen molar-refractivity contribution in [3.63, 3.8) is 0 Å². The van der Waals surface area contributed by atoms with Gasteiger partial charge in [0.15, 0.2) is 0 Å². The molecule has 0 atom stereocenters. The van der Waals surface area contributed by atoms with Crippen molar-refractivity contribution >= 4 is 11.7 Å². The molecule has 0 saturated carbocycles. The van der Waals surface area contributed by atoms with Crippen LogP contribution in [0, 0.1) is 6.92 Å². The van der Waals surface area contributed by atoms with E-state index in [2.05, 4.69) is 25.8 Å². The first-order valence-corrected chi connectivity index (χ1v) is 11.4. The van der Waals surface area contributed by atoms with E-state index in [1.165, 1.54) is 0 Å². The first kappa shape index (κ1) is 22.6. The average molecular weight is 441 g/mol. The zero-order chi connectivity index (χ0) is 22.2. The molecule has 0 unspecified atom stereocenters. The van der Waals surface area contributed by atoms with Gasteiger partial charge in [-0.05, 0) is 12.5 Å². The van der Waals surface area contributed by atoms with Gasteiger partial charge in [-0.15, -0.1) is 0 Å². The minimum atomic E-state index is 0.126. The predicted molar refractivity (Wildman–Crippen MR) is 121 cm³/mol. The van der Waals surface area contributed by atoms with Crippen LogP contribution in [0.1, 0.15) is 16.8 Å². The highest BCUT2D eigenvalue weighted by molar-refractivity contribution is 5.82. The van der Waals surface area contributed by atoms with Gasteiger partial charge in [-0.3, -0.25) is 9.69 Å².